The van der Waals surface area contributed by atoms with E-state index in [2.05, 4.69) is 6.92 Å². The molecule has 0 rings (SSSR count). The summed E-state index contributed by atoms with van der Waals surface area (Å²) in [6.45, 7) is 3.73. The topological polar surface area (TPSA) is 86.7 Å². The molecule has 0 aromatic heterocycles. The summed E-state index contributed by atoms with van der Waals surface area (Å²) < 4.78 is 37.5. The third-order valence-corrected chi connectivity index (χ3v) is 5.10. The van der Waals surface area contributed by atoms with E-state index in [1.807, 2.05) is 0 Å². The second-order valence-corrected chi connectivity index (χ2v) is 7.45. The number of hydrogen-bond acceptors (Lipinski definition) is 5. The van der Waals surface area contributed by atoms with Gasteiger partial charge in [0.05, 0.1) is 6.61 Å². The van der Waals surface area contributed by atoms with Crippen molar-refractivity contribution < 1.29 is 52.4 Å². The summed E-state index contributed by atoms with van der Waals surface area (Å²) in [5.41, 5.74) is 0. The van der Waals surface area contributed by atoms with Crippen molar-refractivity contribution in [2.45, 2.75) is 96.0 Å². The van der Waals surface area contributed by atoms with Crippen LogP contribution >= 0.6 is 0 Å². The standard InChI is InChI=1S/C16H34O5S.Na/c1-3-5-6-7-8-9-10-11-12-13-14-15-21-16(17,4-2)22(18,19)20;/h17H,3-15H2,1-2H3,(H,18,19,20);/q;+1/p-1. The maximum absolute atomic E-state index is 10.9. The van der Waals surface area contributed by atoms with Crippen LogP contribution in [0.5, 0.6) is 0 Å². The van der Waals surface area contributed by atoms with Crippen molar-refractivity contribution in [3.05, 3.63) is 0 Å². The molecule has 0 saturated carbocycles. The molecule has 7 heteroatoms. The molecule has 0 spiro atoms. The van der Waals surface area contributed by atoms with Crippen molar-refractivity contribution in [1.29, 1.82) is 0 Å². The van der Waals surface area contributed by atoms with Crippen LogP contribution < -0.4 is 29.6 Å². The second kappa shape index (κ2) is 15.1. The van der Waals surface area contributed by atoms with E-state index in [1.54, 1.807) is 0 Å². The minimum atomic E-state index is -4.85. The van der Waals surface area contributed by atoms with Crippen molar-refractivity contribution in [2.24, 2.45) is 0 Å². The van der Waals surface area contributed by atoms with Gasteiger partial charge in [-0.2, -0.15) is 0 Å². The Kier molecular flexibility index (Phi) is 17.1. The molecule has 1 N–H and O–H groups in total. The van der Waals surface area contributed by atoms with Crippen LogP contribution in [-0.2, 0) is 14.9 Å². The molecule has 0 radical (unpaired) electrons. The SMILES string of the molecule is CCCCCCCCCCCCCOC(O)(CC)S(=O)(=O)[O-].[Na+]. The molecular weight excluding hydrogens is 327 g/mol. The predicted octanol–water partition coefficient (Wildman–Crippen LogP) is 0.919. The van der Waals surface area contributed by atoms with E-state index in [4.69, 9.17) is 4.74 Å². The molecule has 1 atom stereocenters. The van der Waals surface area contributed by atoms with Gasteiger partial charge in [-0.1, -0.05) is 78.1 Å². The average Bonchev–Trinajstić information content (AvgIpc) is 2.47. The van der Waals surface area contributed by atoms with E-state index in [-0.39, 0.29) is 42.6 Å². The Hall–Kier alpha value is 0.830. The van der Waals surface area contributed by atoms with Crippen molar-refractivity contribution in [3.63, 3.8) is 0 Å². The Morgan fingerprint density at radius 3 is 1.61 bits per heavy atom. The number of ether oxygens (including phenoxy) is 1. The van der Waals surface area contributed by atoms with E-state index < -0.39 is 15.2 Å². The summed E-state index contributed by atoms with van der Waals surface area (Å²) in [6, 6.07) is 0. The van der Waals surface area contributed by atoms with Crippen LogP contribution in [0.3, 0.4) is 0 Å². The molecule has 1 unspecified atom stereocenters. The zero-order valence-corrected chi connectivity index (χ0v) is 18.0. The molecule has 23 heavy (non-hydrogen) atoms. The van der Waals surface area contributed by atoms with Crippen LogP contribution in [0.4, 0.5) is 0 Å². The summed E-state index contributed by atoms with van der Waals surface area (Å²) in [6.07, 6.45) is 12.7. The molecule has 0 amide bonds. The largest absolute Gasteiger partial charge is 1.00 e. The molecule has 0 aliphatic rings. The quantitative estimate of drug-likeness (QED) is 0.203. The number of rotatable bonds is 15. The van der Waals surface area contributed by atoms with Crippen LogP contribution in [0, 0.1) is 0 Å². The van der Waals surface area contributed by atoms with Crippen LogP contribution in [0.15, 0.2) is 0 Å². The summed E-state index contributed by atoms with van der Waals surface area (Å²) in [5.74, 6) is 0. The van der Waals surface area contributed by atoms with Crippen LogP contribution in [0.25, 0.3) is 0 Å². The minimum absolute atomic E-state index is 0. The number of aliphatic hydroxyl groups is 1. The molecule has 0 aliphatic carbocycles. The molecular formula is C16H33NaO5S. The van der Waals surface area contributed by atoms with Crippen LogP contribution in [0.1, 0.15) is 90.9 Å². The fourth-order valence-corrected chi connectivity index (χ4v) is 2.93. The number of unbranched alkanes of at least 4 members (excludes halogenated alkanes) is 10. The van der Waals surface area contributed by atoms with Gasteiger partial charge in [0.15, 0.2) is 10.1 Å². The first-order valence-electron chi connectivity index (χ1n) is 8.69. The molecule has 134 valence electrons. The normalized spacial score (nSPS) is 14.3. The van der Waals surface area contributed by atoms with E-state index in [9.17, 15) is 18.1 Å². The van der Waals surface area contributed by atoms with Gasteiger partial charge in [-0.05, 0) is 6.42 Å². The van der Waals surface area contributed by atoms with Gasteiger partial charge < -0.3 is 14.4 Å². The third kappa shape index (κ3) is 12.8. The fourth-order valence-electron chi connectivity index (χ4n) is 2.35. The Morgan fingerprint density at radius 2 is 1.26 bits per heavy atom. The van der Waals surface area contributed by atoms with Crippen LogP contribution in [0.2, 0.25) is 0 Å². The van der Waals surface area contributed by atoms with E-state index in [0.29, 0.717) is 6.42 Å². The van der Waals surface area contributed by atoms with Crippen LogP contribution in [-0.4, -0.2) is 29.8 Å². The van der Waals surface area contributed by atoms with Gasteiger partial charge in [0.1, 0.15) is 0 Å². The Morgan fingerprint density at radius 1 is 0.870 bits per heavy atom. The Bertz CT molecular complexity index is 361. The smallest absolute Gasteiger partial charge is 0.744 e. The predicted molar refractivity (Wildman–Crippen MR) is 87.4 cm³/mol. The van der Waals surface area contributed by atoms with Crippen molar-refractivity contribution in [3.8, 4) is 0 Å². The van der Waals surface area contributed by atoms with Crippen molar-refractivity contribution in [1.82, 2.24) is 0 Å². The monoisotopic (exact) mass is 360 g/mol. The zero-order chi connectivity index (χ0) is 16.9. The summed E-state index contributed by atoms with van der Waals surface area (Å²) in [5, 5.41) is 7.03. The molecule has 0 heterocycles. The summed E-state index contributed by atoms with van der Waals surface area (Å²) in [7, 11) is -4.85. The van der Waals surface area contributed by atoms with E-state index >= 15 is 0 Å². The molecule has 0 fully saturated rings. The third-order valence-electron chi connectivity index (χ3n) is 3.91. The van der Waals surface area contributed by atoms with Gasteiger partial charge in [0.2, 0.25) is 0 Å². The second-order valence-electron chi connectivity index (χ2n) is 5.90. The minimum Gasteiger partial charge on any atom is -0.744 e. The molecule has 0 bridgehead atoms. The zero-order valence-electron chi connectivity index (χ0n) is 15.2. The molecule has 5 nitrogen and oxygen atoms in total. The van der Waals surface area contributed by atoms with Gasteiger partial charge >= 0.3 is 29.6 Å². The summed E-state index contributed by atoms with van der Waals surface area (Å²) in [4.78, 5) is 0. The van der Waals surface area contributed by atoms with Gasteiger partial charge in [0.25, 0.3) is 5.12 Å². The maximum Gasteiger partial charge on any atom is 1.00 e. The molecule has 0 aromatic rings. The van der Waals surface area contributed by atoms with Gasteiger partial charge in [-0.25, -0.2) is 8.42 Å². The molecule has 0 aromatic carbocycles. The van der Waals surface area contributed by atoms with Gasteiger partial charge in [-0.3, -0.25) is 0 Å². The maximum atomic E-state index is 10.9. The first-order valence-corrected chi connectivity index (χ1v) is 10.1. The van der Waals surface area contributed by atoms with Gasteiger partial charge in [-0.15, -0.1) is 0 Å². The average molecular weight is 360 g/mol. The summed E-state index contributed by atoms with van der Waals surface area (Å²) >= 11 is 0. The van der Waals surface area contributed by atoms with E-state index in [1.165, 1.54) is 58.3 Å². The molecule has 0 aliphatic heterocycles. The van der Waals surface area contributed by atoms with E-state index in [0.717, 1.165) is 12.8 Å². The Labute approximate surface area is 164 Å². The first-order chi connectivity index (χ1) is 10.4. The van der Waals surface area contributed by atoms with Crippen molar-refractivity contribution in [2.75, 3.05) is 6.61 Å². The van der Waals surface area contributed by atoms with Crippen molar-refractivity contribution >= 4 is 10.1 Å². The first kappa shape index (κ1) is 26.1. The Balaban J connectivity index is 0. The van der Waals surface area contributed by atoms with Gasteiger partial charge in [0, 0.05) is 6.42 Å². The fraction of sp³-hybridized carbons (Fsp3) is 1.00. The molecule has 0 saturated heterocycles. The number of hydrogen-bond donors (Lipinski definition) is 1.